The average Bonchev–Trinajstić information content (AvgIpc) is 2.14. The van der Waals surface area contributed by atoms with Gasteiger partial charge in [0.15, 0.2) is 0 Å². The summed E-state index contributed by atoms with van der Waals surface area (Å²) in [6, 6.07) is 1.95. The summed E-state index contributed by atoms with van der Waals surface area (Å²) in [5.74, 6) is 1.82. The molecule has 4 heteroatoms. The predicted molar refractivity (Wildman–Crippen MR) is 65.0 cm³/mol. The molecule has 1 saturated carbocycles. The minimum Gasteiger partial charge on any atom is -0.365 e. The van der Waals surface area contributed by atoms with Crippen LogP contribution in [0.2, 0.25) is 0 Å². The van der Waals surface area contributed by atoms with Crippen molar-refractivity contribution in [2.45, 2.75) is 45.1 Å². The maximum Gasteiger partial charge on any atom is 0.131 e. The third kappa shape index (κ3) is 2.48. The highest BCUT2D eigenvalue weighted by molar-refractivity contribution is 9.10. The van der Waals surface area contributed by atoms with E-state index in [-0.39, 0.29) is 5.54 Å². The minimum absolute atomic E-state index is 0.249. The van der Waals surface area contributed by atoms with E-state index >= 15 is 0 Å². The van der Waals surface area contributed by atoms with Gasteiger partial charge in [-0.05, 0) is 42.1 Å². The molecule has 1 heterocycles. The topological polar surface area (TPSA) is 37.8 Å². The van der Waals surface area contributed by atoms with Gasteiger partial charge in [0.05, 0.1) is 0 Å². The number of nitrogens with zero attached hydrogens (tertiary/aromatic N) is 2. The zero-order valence-corrected chi connectivity index (χ0v) is 10.8. The third-order valence-electron chi connectivity index (χ3n) is 2.94. The lowest BCUT2D eigenvalue weighted by atomic mass is 9.78. The van der Waals surface area contributed by atoms with Gasteiger partial charge >= 0.3 is 0 Å². The summed E-state index contributed by atoms with van der Waals surface area (Å²) in [5.41, 5.74) is 0.249. The van der Waals surface area contributed by atoms with Gasteiger partial charge in [0, 0.05) is 18.0 Å². The Bertz CT molecular complexity index is 361. The highest BCUT2D eigenvalue weighted by atomic mass is 79.9. The quantitative estimate of drug-likeness (QED) is 0.857. The Balaban J connectivity index is 2.16. The van der Waals surface area contributed by atoms with Crippen molar-refractivity contribution in [1.29, 1.82) is 0 Å². The molecule has 0 radical (unpaired) electrons. The number of aromatic nitrogens is 2. The van der Waals surface area contributed by atoms with Crippen molar-refractivity contribution in [1.82, 2.24) is 9.97 Å². The van der Waals surface area contributed by atoms with Gasteiger partial charge in [-0.15, -0.1) is 0 Å². The molecule has 82 valence electrons. The Morgan fingerprint density at radius 2 is 2.20 bits per heavy atom. The van der Waals surface area contributed by atoms with E-state index in [9.17, 15) is 0 Å². The summed E-state index contributed by atoms with van der Waals surface area (Å²) in [6.07, 6.45) is 4.65. The van der Waals surface area contributed by atoms with Crippen LogP contribution in [0.25, 0.3) is 0 Å². The van der Waals surface area contributed by atoms with Crippen LogP contribution in [0.15, 0.2) is 10.7 Å². The molecule has 1 aliphatic carbocycles. The second-order valence-electron chi connectivity index (χ2n) is 4.38. The Labute approximate surface area is 98.8 Å². The molecule has 1 aliphatic rings. The number of hydrogen-bond acceptors (Lipinski definition) is 3. The van der Waals surface area contributed by atoms with E-state index in [1.807, 2.05) is 6.07 Å². The van der Waals surface area contributed by atoms with Gasteiger partial charge in [-0.3, -0.25) is 0 Å². The summed E-state index contributed by atoms with van der Waals surface area (Å²) in [5, 5.41) is 3.49. The van der Waals surface area contributed by atoms with E-state index in [1.54, 1.807) is 0 Å². The summed E-state index contributed by atoms with van der Waals surface area (Å²) in [6.45, 7) is 4.31. The normalized spacial score (nSPS) is 18.3. The molecule has 2 rings (SSSR count). The number of anilines is 1. The lowest BCUT2D eigenvalue weighted by Crippen LogP contribution is -2.41. The van der Waals surface area contributed by atoms with E-state index in [0.717, 1.165) is 22.7 Å². The van der Waals surface area contributed by atoms with Crippen molar-refractivity contribution < 1.29 is 0 Å². The maximum atomic E-state index is 4.47. The zero-order chi connectivity index (χ0) is 10.9. The molecule has 3 nitrogen and oxygen atoms in total. The van der Waals surface area contributed by atoms with Crippen molar-refractivity contribution >= 4 is 21.7 Å². The first kappa shape index (κ1) is 10.9. The molecule has 15 heavy (non-hydrogen) atoms. The smallest absolute Gasteiger partial charge is 0.131 e. The first-order chi connectivity index (χ1) is 7.11. The summed E-state index contributed by atoms with van der Waals surface area (Å²) < 4.78 is 0.861. The number of rotatable bonds is 3. The standard InChI is InChI=1S/C11H16BrN3/c1-3-9-13-8(12)7-10(14-9)15-11(2)5-4-6-11/h7H,3-6H2,1-2H3,(H,13,14,15). The van der Waals surface area contributed by atoms with Crippen LogP contribution >= 0.6 is 15.9 Å². The van der Waals surface area contributed by atoms with Gasteiger partial charge in [0.1, 0.15) is 16.2 Å². The van der Waals surface area contributed by atoms with Crippen LogP contribution in [0.3, 0.4) is 0 Å². The van der Waals surface area contributed by atoms with Crippen molar-refractivity contribution in [3.63, 3.8) is 0 Å². The lowest BCUT2D eigenvalue weighted by molar-refractivity contribution is 0.305. The van der Waals surface area contributed by atoms with Crippen LogP contribution < -0.4 is 5.32 Å². The fourth-order valence-corrected chi connectivity index (χ4v) is 2.25. The van der Waals surface area contributed by atoms with Crippen molar-refractivity contribution in [3.8, 4) is 0 Å². The predicted octanol–water partition coefficient (Wildman–Crippen LogP) is 3.16. The molecule has 1 aromatic heterocycles. The lowest BCUT2D eigenvalue weighted by Gasteiger charge is -2.39. The average molecular weight is 270 g/mol. The summed E-state index contributed by atoms with van der Waals surface area (Å²) in [7, 11) is 0. The molecule has 0 bridgehead atoms. The molecular weight excluding hydrogens is 254 g/mol. The molecule has 0 atom stereocenters. The SMILES string of the molecule is CCc1nc(Br)cc(NC2(C)CCC2)n1. The number of hydrogen-bond donors (Lipinski definition) is 1. The van der Waals surface area contributed by atoms with Gasteiger partial charge in [-0.2, -0.15) is 0 Å². The molecule has 0 spiro atoms. The summed E-state index contributed by atoms with van der Waals surface area (Å²) >= 11 is 3.41. The van der Waals surface area contributed by atoms with Crippen molar-refractivity contribution in [3.05, 3.63) is 16.5 Å². The van der Waals surface area contributed by atoms with Crippen LogP contribution in [-0.2, 0) is 6.42 Å². The first-order valence-electron chi connectivity index (χ1n) is 5.43. The zero-order valence-electron chi connectivity index (χ0n) is 9.18. The van der Waals surface area contributed by atoms with E-state index < -0.39 is 0 Å². The molecule has 1 aromatic rings. The van der Waals surface area contributed by atoms with E-state index in [0.29, 0.717) is 0 Å². The van der Waals surface area contributed by atoms with Crippen LogP contribution in [0.4, 0.5) is 5.82 Å². The monoisotopic (exact) mass is 269 g/mol. The maximum absolute atomic E-state index is 4.47. The van der Waals surface area contributed by atoms with Crippen LogP contribution in [0.5, 0.6) is 0 Å². The molecule has 1 N–H and O–H groups in total. The molecule has 1 fully saturated rings. The first-order valence-corrected chi connectivity index (χ1v) is 6.22. The fourth-order valence-electron chi connectivity index (χ4n) is 1.83. The molecule has 0 aliphatic heterocycles. The van der Waals surface area contributed by atoms with Crippen molar-refractivity contribution in [2.75, 3.05) is 5.32 Å². The van der Waals surface area contributed by atoms with Crippen LogP contribution in [0.1, 0.15) is 38.9 Å². The third-order valence-corrected chi connectivity index (χ3v) is 3.35. The van der Waals surface area contributed by atoms with Crippen LogP contribution in [0, 0.1) is 0 Å². The Hall–Kier alpha value is -0.640. The largest absolute Gasteiger partial charge is 0.365 e. The number of nitrogens with one attached hydrogen (secondary N) is 1. The number of aryl methyl sites for hydroxylation is 1. The van der Waals surface area contributed by atoms with Crippen molar-refractivity contribution in [2.24, 2.45) is 0 Å². The van der Waals surface area contributed by atoms with Gasteiger partial charge in [0.25, 0.3) is 0 Å². The molecular formula is C11H16BrN3. The van der Waals surface area contributed by atoms with Gasteiger partial charge in [-0.1, -0.05) is 6.92 Å². The highest BCUT2D eigenvalue weighted by Crippen LogP contribution is 2.34. The molecule has 0 saturated heterocycles. The minimum atomic E-state index is 0.249. The number of halogens is 1. The summed E-state index contributed by atoms with van der Waals surface area (Å²) in [4.78, 5) is 8.76. The Kier molecular flexibility index (Phi) is 2.96. The van der Waals surface area contributed by atoms with Gasteiger partial charge < -0.3 is 5.32 Å². The van der Waals surface area contributed by atoms with E-state index in [4.69, 9.17) is 0 Å². The fraction of sp³-hybridized carbons (Fsp3) is 0.636. The van der Waals surface area contributed by atoms with Gasteiger partial charge in [-0.25, -0.2) is 9.97 Å². The Morgan fingerprint density at radius 3 is 2.73 bits per heavy atom. The second-order valence-corrected chi connectivity index (χ2v) is 5.20. The molecule has 0 aromatic carbocycles. The molecule has 0 unspecified atom stereocenters. The molecule has 0 amide bonds. The second kappa shape index (κ2) is 4.08. The van der Waals surface area contributed by atoms with Gasteiger partial charge in [0.2, 0.25) is 0 Å². The Morgan fingerprint density at radius 1 is 1.47 bits per heavy atom. The van der Waals surface area contributed by atoms with E-state index in [1.165, 1.54) is 19.3 Å². The van der Waals surface area contributed by atoms with Crippen LogP contribution in [-0.4, -0.2) is 15.5 Å². The highest BCUT2D eigenvalue weighted by Gasteiger charge is 2.31. The van der Waals surface area contributed by atoms with E-state index in [2.05, 4.69) is 45.1 Å².